The van der Waals surface area contributed by atoms with E-state index in [1.54, 1.807) is 41.4 Å². The zero-order valence-electron chi connectivity index (χ0n) is 12.9. The SMILES string of the molecule is Cn1cc(-c2scnc2Oc2ccc(O)cc2)c2c(c1=O)CC=C2. The molecule has 0 radical (unpaired) electrons. The third-order valence-electron chi connectivity index (χ3n) is 3.95. The van der Waals surface area contributed by atoms with Gasteiger partial charge in [-0.3, -0.25) is 4.79 Å². The lowest BCUT2D eigenvalue weighted by Crippen LogP contribution is -2.21. The number of rotatable bonds is 3. The Hall–Kier alpha value is -2.86. The van der Waals surface area contributed by atoms with E-state index in [0.29, 0.717) is 18.1 Å². The van der Waals surface area contributed by atoms with Gasteiger partial charge in [0.05, 0.1) is 5.51 Å². The van der Waals surface area contributed by atoms with Crippen molar-refractivity contribution in [2.75, 3.05) is 0 Å². The van der Waals surface area contributed by atoms with Crippen LogP contribution in [0.15, 0.2) is 46.8 Å². The van der Waals surface area contributed by atoms with Crippen LogP contribution in [-0.2, 0) is 13.5 Å². The number of thiazole rings is 1. The van der Waals surface area contributed by atoms with Gasteiger partial charge in [-0.15, -0.1) is 11.3 Å². The molecule has 0 unspecified atom stereocenters. The zero-order valence-corrected chi connectivity index (χ0v) is 13.7. The fourth-order valence-corrected chi connectivity index (χ4v) is 3.53. The van der Waals surface area contributed by atoms with Crippen LogP contribution in [0.1, 0.15) is 11.1 Å². The second-order valence-electron chi connectivity index (χ2n) is 5.54. The highest BCUT2D eigenvalue weighted by Crippen LogP contribution is 2.39. The third-order valence-corrected chi connectivity index (χ3v) is 4.79. The number of aromatic hydroxyl groups is 1. The number of hydrogen-bond donors (Lipinski definition) is 1. The molecule has 1 aromatic carbocycles. The van der Waals surface area contributed by atoms with Crippen LogP contribution < -0.4 is 10.3 Å². The van der Waals surface area contributed by atoms with Gasteiger partial charge in [-0.05, 0) is 36.2 Å². The summed E-state index contributed by atoms with van der Waals surface area (Å²) in [6.07, 6.45) is 6.46. The molecular formula is C18H14N2O3S. The first kappa shape index (κ1) is 14.7. The summed E-state index contributed by atoms with van der Waals surface area (Å²) < 4.78 is 7.47. The second kappa shape index (κ2) is 5.65. The molecule has 0 bridgehead atoms. The first-order valence-electron chi connectivity index (χ1n) is 7.43. The van der Waals surface area contributed by atoms with Crippen molar-refractivity contribution in [1.29, 1.82) is 0 Å². The number of ether oxygens (including phenoxy) is 1. The van der Waals surface area contributed by atoms with Crippen LogP contribution in [0, 0.1) is 0 Å². The molecule has 1 aliphatic rings. The van der Waals surface area contributed by atoms with Crippen molar-refractivity contribution in [3.05, 3.63) is 63.5 Å². The molecule has 0 atom stereocenters. The Morgan fingerprint density at radius 1 is 1.29 bits per heavy atom. The number of aromatic nitrogens is 2. The first-order valence-corrected chi connectivity index (χ1v) is 8.31. The molecule has 3 aromatic rings. The maximum absolute atomic E-state index is 12.2. The van der Waals surface area contributed by atoms with E-state index in [1.165, 1.54) is 11.3 Å². The quantitative estimate of drug-likeness (QED) is 0.793. The summed E-state index contributed by atoms with van der Waals surface area (Å²) in [4.78, 5) is 17.4. The summed E-state index contributed by atoms with van der Waals surface area (Å²) in [7, 11) is 1.76. The van der Waals surface area contributed by atoms with Crippen LogP contribution in [0.5, 0.6) is 17.4 Å². The minimum absolute atomic E-state index is 0.0317. The van der Waals surface area contributed by atoms with Crippen LogP contribution in [0.25, 0.3) is 16.5 Å². The third kappa shape index (κ3) is 2.41. The average molecular weight is 338 g/mol. The predicted molar refractivity (Wildman–Crippen MR) is 93.7 cm³/mol. The van der Waals surface area contributed by atoms with Crippen molar-refractivity contribution in [3.63, 3.8) is 0 Å². The van der Waals surface area contributed by atoms with Gasteiger partial charge >= 0.3 is 0 Å². The Morgan fingerprint density at radius 2 is 2.08 bits per heavy atom. The van der Waals surface area contributed by atoms with Gasteiger partial charge in [-0.25, -0.2) is 4.98 Å². The maximum atomic E-state index is 12.2. The molecule has 0 amide bonds. The van der Waals surface area contributed by atoms with Gasteiger partial charge in [0.15, 0.2) is 0 Å². The van der Waals surface area contributed by atoms with E-state index in [2.05, 4.69) is 4.98 Å². The van der Waals surface area contributed by atoms with Crippen LogP contribution >= 0.6 is 11.3 Å². The fourth-order valence-electron chi connectivity index (χ4n) is 2.79. The Bertz CT molecular complexity index is 1000. The number of phenolic OH excluding ortho intramolecular Hbond substituents is 1. The predicted octanol–water partition coefficient (Wildman–Crippen LogP) is 3.58. The van der Waals surface area contributed by atoms with Crippen molar-refractivity contribution in [3.8, 4) is 27.8 Å². The molecular weight excluding hydrogens is 324 g/mol. The van der Waals surface area contributed by atoms with E-state index in [0.717, 1.165) is 21.6 Å². The normalized spacial score (nSPS) is 12.4. The van der Waals surface area contributed by atoms with E-state index in [4.69, 9.17) is 4.74 Å². The van der Waals surface area contributed by atoms with Gasteiger partial charge in [0.2, 0.25) is 5.88 Å². The minimum Gasteiger partial charge on any atom is -0.508 e. The number of fused-ring (bicyclic) bond motifs is 1. The lowest BCUT2D eigenvalue weighted by Gasteiger charge is -2.11. The highest BCUT2D eigenvalue weighted by Gasteiger charge is 2.21. The first-order chi connectivity index (χ1) is 11.6. The standard InChI is InChI=1S/C18H14N2O3S/c1-20-9-15(13-3-2-4-14(13)18(20)22)16-17(19-10-24-16)23-12-7-5-11(21)6-8-12/h2-3,5-10,21H,4H2,1H3. The molecule has 1 aliphatic carbocycles. The van der Waals surface area contributed by atoms with Crippen molar-refractivity contribution in [1.82, 2.24) is 9.55 Å². The highest BCUT2D eigenvalue weighted by molar-refractivity contribution is 7.13. The molecule has 2 heterocycles. The van der Waals surface area contributed by atoms with Gasteiger partial charge in [0.25, 0.3) is 5.56 Å². The van der Waals surface area contributed by atoms with Crippen LogP contribution in [0.2, 0.25) is 0 Å². The van der Waals surface area contributed by atoms with Crippen molar-refractivity contribution < 1.29 is 9.84 Å². The number of nitrogens with zero attached hydrogens (tertiary/aromatic N) is 2. The summed E-state index contributed by atoms with van der Waals surface area (Å²) in [5, 5.41) is 9.37. The molecule has 24 heavy (non-hydrogen) atoms. The van der Waals surface area contributed by atoms with E-state index < -0.39 is 0 Å². The monoisotopic (exact) mass is 338 g/mol. The second-order valence-corrected chi connectivity index (χ2v) is 6.39. The summed E-state index contributed by atoms with van der Waals surface area (Å²) in [6.45, 7) is 0. The summed E-state index contributed by atoms with van der Waals surface area (Å²) in [5.74, 6) is 1.27. The van der Waals surface area contributed by atoms with Crippen molar-refractivity contribution in [2.24, 2.45) is 7.05 Å². The smallest absolute Gasteiger partial charge is 0.254 e. The van der Waals surface area contributed by atoms with E-state index in [-0.39, 0.29) is 11.3 Å². The van der Waals surface area contributed by atoms with Gasteiger partial charge in [-0.1, -0.05) is 12.2 Å². The van der Waals surface area contributed by atoms with Crippen LogP contribution in [0.3, 0.4) is 0 Å². The number of benzene rings is 1. The molecule has 0 saturated heterocycles. The van der Waals surface area contributed by atoms with E-state index in [1.807, 2.05) is 18.3 Å². The number of phenols is 1. The van der Waals surface area contributed by atoms with Gasteiger partial charge in [0, 0.05) is 24.4 Å². The van der Waals surface area contributed by atoms with E-state index in [9.17, 15) is 9.90 Å². The highest BCUT2D eigenvalue weighted by atomic mass is 32.1. The lowest BCUT2D eigenvalue weighted by molar-refractivity contribution is 0.457. The minimum atomic E-state index is 0.0317. The number of allylic oxidation sites excluding steroid dienone is 1. The molecule has 0 spiro atoms. The summed E-state index contributed by atoms with van der Waals surface area (Å²) in [5.41, 5.74) is 4.44. The topological polar surface area (TPSA) is 64.3 Å². The Morgan fingerprint density at radius 3 is 2.88 bits per heavy atom. The summed E-state index contributed by atoms with van der Waals surface area (Å²) >= 11 is 1.47. The van der Waals surface area contributed by atoms with Crippen molar-refractivity contribution in [2.45, 2.75) is 6.42 Å². The molecule has 2 aromatic heterocycles. The number of pyridine rings is 1. The molecule has 6 heteroatoms. The molecule has 0 aliphatic heterocycles. The van der Waals surface area contributed by atoms with Crippen molar-refractivity contribution >= 4 is 17.4 Å². The Balaban J connectivity index is 1.80. The molecule has 1 N–H and O–H groups in total. The molecule has 4 rings (SSSR count). The van der Waals surface area contributed by atoms with Crippen LogP contribution in [0.4, 0.5) is 0 Å². The molecule has 5 nitrogen and oxygen atoms in total. The van der Waals surface area contributed by atoms with Gasteiger partial charge < -0.3 is 14.4 Å². The molecule has 0 saturated carbocycles. The average Bonchev–Trinajstić information content (AvgIpc) is 3.23. The molecule has 120 valence electrons. The number of aryl methyl sites for hydroxylation is 1. The van der Waals surface area contributed by atoms with Crippen LogP contribution in [-0.4, -0.2) is 14.7 Å². The Labute approximate surface area is 142 Å². The number of hydrogen-bond acceptors (Lipinski definition) is 5. The summed E-state index contributed by atoms with van der Waals surface area (Å²) in [6, 6.07) is 6.50. The van der Waals surface area contributed by atoms with E-state index >= 15 is 0 Å². The largest absolute Gasteiger partial charge is 0.508 e. The zero-order chi connectivity index (χ0) is 16.7. The maximum Gasteiger partial charge on any atom is 0.254 e. The lowest BCUT2D eigenvalue weighted by atomic mass is 10.1. The van der Waals surface area contributed by atoms with Gasteiger partial charge in [-0.2, -0.15) is 0 Å². The Kier molecular flexibility index (Phi) is 3.46. The van der Waals surface area contributed by atoms with Gasteiger partial charge in [0.1, 0.15) is 16.4 Å². The fraction of sp³-hybridized carbons (Fsp3) is 0.111. The molecule has 0 fully saturated rings.